The third-order valence-electron chi connectivity index (χ3n) is 6.91. The summed E-state index contributed by atoms with van der Waals surface area (Å²) in [6.45, 7) is 4.16. The first kappa shape index (κ1) is 18.3. The second-order valence-corrected chi connectivity index (χ2v) is 8.46. The predicted octanol–water partition coefficient (Wildman–Crippen LogP) is 2.57. The summed E-state index contributed by atoms with van der Waals surface area (Å²) in [5.74, 6) is 0.768. The number of rotatable bonds is 3. The molecule has 0 bridgehead atoms. The fraction of sp³-hybridized carbons (Fsp3) is 0.500. The van der Waals surface area contributed by atoms with Crippen molar-refractivity contribution >= 4 is 17.5 Å². The van der Waals surface area contributed by atoms with Gasteiger partial charge in [-0.25, -0.2) is 14.4 Å². The van der Waals surface area contributed by atoms with Crippen molar-refractivity contribution in [3.8, 4) is 0 Å². The molecule has 3 aliphatic rings. The fourth-order valence-corrected chi connectivity index (χ4v) is 5.15. The molecule has 2 aliphatic heterocycles. The topological polar surface area (TPSA) is 52.6 Å². The van der Waals surface area contributed by atoms with Crippen LogP contribution in [0.15, 0.2) is 42.7 Å². The number of nitrogens with zero attached hydrogens (tertiary/aromatic N) is 5. The van der Waals surface area contributed by atoms with E-state index in [2.05, 4.69) is 14.9 Å². The number of piperazine rings is 1. The molecule has 7 heteroatoms. The number of aromatic nitrogens is 2. The highest BCUT2D eigenvalue weighted by Gasteiger charge is 2.54. The fourth-order valence-electron chi connectivity index (χ4n) is 5.15. The molecule has 5 rings (SSSR count). The summed E-state index contributed by atoms with van der Waals surface area (Å²) >= 11 is 0. The molecule has 1 aromatic carbocycles. The van der Waals surface area contributed by atoms with Crippen LogP contribution in [0.5, 0.6) is 0 Å². The molecule has 3 fully saturated rings. The van der Waals surface area contributed by atoms with Gasteiger partial charge in [0.2, 0.25) is 11.9 Å². The highest BCUT2D eigenvalue weighted by molar-refractivity contribution is 5.82. The van der Waals surface area contributed by atoms with Gasteiger partial charge in [-0.15, -0.1) is 0 Å². The smallest absolute Gasteiger partial charge is 0.228 e. The molecule has 1 unspecified atom stereocenters. The van der Waals surface area contributed by atoms with E-state index in [0.717, 1.165) is 25.3 Å². The molecule has 1 atom stereocenters. The average Bonchev–Trinajstić information content (AvgIpc) is 3.16. The van der Waals surface area contributed by atoms with Crippen LogP contribution in [0.25, 0.3) is 0 Å². The molecule has 2 aromatic rings. The molecule has 29 heavy (non-hydrogen) atoms. The lowest BCUT2D eigenvalue weighted by Gasteiger charge is -2.44. The number of hydrogen-bond donors (Lipinski definition) is 0. The Balaban J connectivity index is 1.27. The number of para-hydroxylation sites is 1. The van der Waals surface area contributed by atoms with Gasteiger partial charge in [-0.3, -0.25) is 4.79 Å². The number of hydrogen-bond acceptors (Lipinski definition) is 5. The summed E-state index contributed by atoms with van der Waals surface area (Å²) < 4.78 is 14.1. The Labute approximate surface area is 170 Å². The molecule has 3 heterocycles. The van der Waals surface area contributed by atoms with Crippen LogP contribution >= 0.6 is 0 Å². The Bertz CT molecular complexity index is 880. The number of carbonyl (C=O) groups excluding carboxylic acids is 1. The summed E-state index contributed by atoms with van der Waals surface area (Å²) in [4.78, 5) is 28.4. The van der Waals surface area contributed by atoms with Crippen molar-refractivity contribution in [2.45, 2.75) is 19.3 Å². The Kier molecular flexibility index (Phi) is 4.60. The predicted molar refractivity (Wildman–Crippen MR) is 109 cm³/mol. The minimum atomic E-state index is -0.199. The quantitative estimate of drug-likeness (QED) is 0.800. The molecular weight excluding hydrogens is 369 g/mol. The van der Waals surface area contributed by atoms with E-state index < -0.39 is 0 Å². The molecule has 1 saturated carbocycles. The van der Waals surface area contributed by atoms with Crippen LogP contribution in [0.4, 0.5) is 16.0 Å². The monoisotopic (exact) mass is 395 g/mol. The zero-order chi connectivity index (χ0) is 19.8. The standard InChI is InChI=1S/C22H26FN5O/c23-18-5-1-2-6-19(18)26-11-13-27(14-12-26)20(29)17-15-28(16-22(17)7-3-8-22)21-24-9-4-10-25-21/h1-2,4-6,9-10,17H,3,7-8,11-16H2. The minimum absolute atomic E-state index is 0.0000625. The third kappa shape index (κ3) is 3.22. The van der Waals surface area contributed by atoms with Crippen molar-refractivity contribution in [3.63, 3.8) is 0 Å². The van der Waals surface area contributed by atoms with Gasteiger partial charge in [0.15, 0.2) is 0 Å². The molecule has 0 N–H and O–H groups in total. The lowest BCUT2D eigenvalue weighted by Crippen LogP contribution is -2.53. The first-order valence-electron chi connectivity index (χ1n) is 10.5. The van der Waals surface area contributed by atoms with Gasteiger partial charge in [-0.05, 0) is 31.0 Å². The first-order valence-corrected chi connectivity index (χ1v) is 10.5. The summed E-state index contributed by atoms with van der Waals surface area (Å²) in [6, 6.07) is 8.68. The van der Waals surface area contributed by atoms with Crippen molar-refractivity contribution in [2.24, 2.45) is 11.3 Å². The van der Waals surface area contributed by atoms with Crippen LogP contribution in [0.2, 0.25) is 0 Å². The van der Waals surface area contributed by atoms with Crippen LogP contribution in [0.1, 0.15) is 19.3 Å². The maximum absolute atomic E-state index is 14.1. The van der Waals surface area contributed by atoms with E-state index in [9.17, 15) is 9.18 Å². The number of halogens is 1. The van der Waals surface area contributed by atoms with E-state index in [0.29, 0.717) is 38.4 Å². The first-order chi connectivity index (χ1) is 14.2. The molecule has 2 saturated heterocycles. The highest BCUT2D eigenvalue weighted by atomic mass is 19.1. The van der Waals surface area contributed by atoms with Crippen molar-refractivity contribution in [2.75, 3.05) is 49.1 Å². The zero-order valence-corrected chi connectivity index (χ0v) is 16.5. The van der Waals surface area contributed by atoms with E-state index in [-0.39, 0.29) is 23.1 Å². The van der Waals surface area contributed by atoms with Gasteiger partial charge in [-0.1, -0.05) is 18.6 Å². The minimum Gasteiger partial charge on any atom is -0.366 e. The average molecular weight is 395 g/mol. The SMILES string of the molecule is O=C(C1CN(c2ncccn2)CC12CCC2)N1CCN(c2ccccc2F)CC1. The molecule has 1 amide bonds. The Morgan fingerprint density at radius 3 is 2.38 bits per heavy atom. The van der Waals surface area contributed by atoms with E-state index in [1.54, 1.807) is 18.5 Å². The largest absolute Gasteiger partial charge is 0.366 e. The molecule has 152 valence electrons. The summed E-state index contributed by atoms with van der Waals surface area (Å²) in [5.41, 5.74) is 0.696. The summed E-state index contributed by atoms with van der Waals surface area (Å²) in [7, 11) is 0. The van der Waals surface area contributed by atoms with Crippen molar-refractivity contribution < 1.29 is 9.18 Å². The van der Waals surface area contributed by atoms with E-state index in [4.69, 9.17) is 0 Å². The van der Waals surface area contributed by atoms with Crippen molar-refractivity contribution in [1.82, 2.24) is 14.9 Å². The van der Waals surface area contributed by atoms with Gasteiger partial charge in [0.25, 0.3) is 0 Å². The zero-order valence-electron chi connectivity index (χ0n) is 16.5. The van der Waals surface area contributed by atoms with Crippen LogP contribution in [-0.2, 0) is 4.79 Å². The number of benzene rings is 1. The second-order valence-electron chi connectivity index (χ2n) is 8.46. The van der Waals surface area contributed by atoms with Gasteiger partial charge in [-0.2, -0.15) is 0 Å². The van der Waals surface area contributed by atoms with Gasteiger partial charge in [0, 0.05) is 57.1 Å². The van der Waals surface area contributed by atoms with Crippen LogP contribution in [0.3, 0.4) is 0 Å². The van der Waals surface area contributed by atoms with Crippen molar-refractivity contribution in [3.05, 3.63) is 48.5 Å². The van der Waals surface area contributed by atoms with Gasteiger partial charge in [0.1, 0.15) is 5.82 Å². The third-order valence-corrected chi connectivity index (χ3v) is 6.91. The van der Waals surface area contributed by atoms with E-state index in [1.807, 2.05) is 28.0 Å². The summed E-state index contributed by atoms with van der Waals surface area (Å²) in [6.07, 6.45) is 6.90. The van der Waals surface area contributed by atoms with E-state index >= 15 is 0 Å². The van der Waals surface area contributed by atoms with E-state index in [1.165, 1.54) is 12.5 Å². The van der Waals surface area contributed by atoms with Crippen LogP contribution in [0, 0.1) is 17.2 Å². The van der Waals surface area contributed by atoms with Crippen LogP contribution < -0.4 is 9.80 Å². The number of amides is 1. The van der Waals surface area contributed by atoms with Gasteiger partial charge in [0.05, 0.1) is 11.6 Å². The molecule has 1 spiro atoms. The summed E-state index contributed by atoms with van der Waals surface area (Å²) in [5, 5.41) is 0. The lowest BCUT2D eigenvalue weighted by molar-refractivity contribution is -0.140. The molecule has 6 nitrogen and oxygen atoms in total. The van der Waals surface area contributed by atoms with Gasteiger partial charge < -0.3 is 14.7 Å². The normalized spacial score (nSPS) is 23.3. The van der Waals surface area contributed by atoms with Gasteiger partial charge >= 0.3 is 0 Å². The lowest BCUT2D eigenvalue weighted by atomic mass is 9.62. The maximum atomic E-state index is 14.1. The Hall–Kier alpha value is -2.70. The van der Waals surface area contributed by atoms with Crippen LogP contribution in [-0.4, -0.2) is 60.0 Å². The highest BCUT2D eigenvalue weighted by Crippen LogP contribution is 2.52. The Morgan fingerprint density at radius 1 is 1.00 bits per heavy atom. The number of carbonyl (C=O) groups is 1. The second kappa shape index (κ2) is 7.28. The molecule has 1 aliphatic carbocycles. The number of anilines is 2. The molecular formula is C22H26FN5O. The Morgan fingerprint density at radius 2 is 1.72 bits per heavy atom. The molecule has 1 aromatic heterocycles. The maximum Gasteiger partial charge on any atom is 0.228 e. The molecule has 0 radical (unpaired) electrons. The van der Waals surface area contributed by atoms with Crippen molar-refractivity contribution in [1.29, 1.82) is 0 Å².